The third-order valence-corrected chi connectivity index (χ3v) is 3.14. The Bertz CT molecular complexity index is 701. The van der Waals surface area contributed by atoms with E-state index >= 15 is 0 Å². The van der Waals surface area contributed by atoms with Gasteiger partial charge >= 0.3 is 12.1 Å². The van der Waals surface area contributed by atoms with Crippen LogP contribution in [0.2, 0.25) is 5.15 Å². The van der Waals surface area contributed by atoms with Crippen LogP contribution in [-0.2, 0) is 10.9 Å². The van der Waals surface area contributed by atoms with Crippen LogP contribution < -0.4 is 0 Å². The normalized spacial score (nSPS) is 11.3. The molecule has 2 rings (SSSR count). The molecule has 0 aliphatic heterocycles. The third-order valence-electron chi connectivity index (χ3n) is 2.85. The summed E-state index contributed by atoms with van der Waals surface area (Å²) in [5.41, 5.74) is -0.877. The summed E-state index contributed by atoms with van der Waals surface area (Å²) in [7, 11) is 0. The van der Waals surface area contributed by atoms with Gasteiger partial charge in [0.1, 0.15) is 5.15 Å². The summed E-state index contributed by atoms with van der Waals surface area (Å²) < 4.78 is 43.8. The first-order valence-electron chi connectivity index (χ1n) is 6.35. The largest absolute Gasteiger partial charge is 0.462 e. The van der Waals surface area contributed by atoms with Gasteiger partial charge < -0.3 is 4.74 Å². The zero-order chi connectivity index (χ0) is 16.3. The molecule has 0 saturated carbocycles. The summed E-state index contributed by atoms with van der Waals surface area (Å²) in [6.07, 6.45) is -4.51. The number of esters is 1. The zero-order valence-corrected chi connectivity index (χ0v) is 12.2. The van der Waals surface area contributed by atoms with Crippen LogP contribution >= 0.6 is 11.6 Å². The van der Waals surface area contributed by atoms with Gasteiger partial charge in [-0.25, -0.2) is 9.78 Å². The van der Waals surface area contributed by atoms with Crippen molar-refractivity contribution in [3.8, 4) is 11.3 Å². The fraction of sp³-hybridized carbons (Fsp3) is 0.200. The van der Waals surface area contributed by atoms with Crippen molar-refractivity contribution in [1.29, 1.82) is 0 Å². The molecular weight excluding hydrogens is 319 g/mol. The minimum absolute atomic E-state index is 0.0109. The first-order chi connectivity index (χ1) is 10.3. The number of carbonyl (C=O) groups is 1. The van der Waals surface area contributed by atoms with Crippen molar-refractivity contribution >= 4 is 17.6 Å². The monoisotopic (exact) mass is 329 g/mol. The predicted molar refractivity (Wildman–Crippen MR) is 75.6 cm³/mol. The molecule has 116 valence electrons. The lowest BCUT2D eigenvalue weighted by molar-refractivity contribution is -0.137. The van der Waals surface area contributed by atoms with Crippen molar-refractivity contribution in [3.05, 3.63) is 52.7 Å². The number of ether oxygens (including phenoxy) is 1. The van der Waals surface area contributed by atoms with E-state index in [2.05, 4.69) is 4.98 Å². The van der Waals surface area contributed by atoms with Crippen LogP contribution in [0.1, 0.15) is 22.8 Å². The van der Waals surface area contributed by atoms with Crippen molar-refractivity contribution in [2.24, 2.45) is 0 Å². The van der Waals surface area contributed by atoms with E-state index in [1.165, 1.54) is 30.3 Å². The number of hydrogen-bond acceptors (Lipinski definition) is 3. The van der Waals surface area contributed by atoms with Crippen molar-refractivity contribution in [2.75, 3.05) is 6.61 Å². The third kappa shape index (κ3) is 3.39. The number of pyridine rings is 1. The second-order valence-electron chi connectivity index (χ2n) is 4.30. The molecule has 0 N–H and O–H groups in total. The van der Waals surface area contributed by atoms with Crippen molar-refractivity contribution in [3.63, 3.8) is 0 Å². The van der Waals surface area contributed by atoms with E-state index in [1.807, 2.05) is 0 Å². The predicted octanol–water partition coefficient (Wildman–Crippen LogP) is 4.60. The van der Waals surface area contributed by atoms with Gasteiger partial charge in [-0.1, -0.05) is 29.8 Å². The van der Waals surface area contributed by atoms with Crippen LogP contribution in [0, 0.1) is 0 Å². The molecule has 0 unspecified atom stereocenters. The summed E-state index contributed by atoms with van der Waals surface area (Å²) in [4.78, 5) is 15.5. The van der Waals surface area contributed by atoms with Crippen LogP contribution in [0.3, 0.4) is 0 Å². The average Bonchev–Trinajstić information content (AvgIpc) is 2.46. The quantitative estimate of drug-likeness (QED) is 0.610. The first-order valence-corrected chi connectivity index (χ1v) is 6.72. The maximum absolute atomic E-state index is 13.0. The van der Waals surface area contributed by atoms with Gasteiger partial charge in [0.25, 0.3) is 0 Å². The van der Waals surface area contributed by atoms with Crippen LogP contribution in [0.25, 0.3) is 11.3 Å². The Morgan fingerprint density at radius 1 is 1.23 bits per heavy atom. The maximum Gasteiger partial charge on any atom is 0.417 e. The molecular formula is C15H11ClF3NO2. The fourth-order valence-electron chi connectivity index (χ4n) is 1.90. The number of aromatic nitrogens is 1. The standard InChI is InChI=1S/C15H11ClF3NO2/c1-2-22-14(21)10-7-8-12(20-13(10)16)9-5-3-4-6-11(9)15(17,18)19/h3-8H,2H2,1H3. The lowest BCUT2D eigenvalue weighted by atomic mass is 10.0. The molecule has 0 bridgehead atoms. The van der Waals surface area contributed by atoms with Crippen LogP contribution in [0.15, 0.2) is 36.4 Å². The van der Waals surface area contributed by atoms with Crippen molar-refractivity contribution < 1.29 is 22.7 Å². The highest BCUT2D eigenvalue weighted by atomic mass is 35.5. The molecule has 22 heavy (non-hydrogen) atoms. The van der Waals surface area contributed by atoms with E-state index in [0.29, 0.717) is 0 Å². The molecule has 0 fully saturated rings. The molecule has 0 atom stereocenters. The van der Waals surface area contributed by atoms with Crippen LogP contribution in [0.5, 0.6) is 0 Å². The van der Waals surface area contributed by atoms with Gasteiger partial charge in [0.2, 0.25) is 0 Å². The van der Waals surface area contributed by atoms with Gasteiger partial charge in [-0.05, 0) is 25.1 Å². The van der Waals surface area contributed by atoms with Gasteiger partial charge in [0.15, 0.2) is 0 Å². The van der Waals surface area contributed by atoms with E-state index in [0.717, 1.165) is 6.07 Å². The summed E-state index contributed by atoms with van der Waals surface area (Å²) >= 11 is 5.88. The molecule has 0 saturated heterocycles. The molecule has 0 spiro atoms. The molecule has 7 heteroatoms. The van der Waals surface area contributed by atoms with Gasteiger partial charge in [-0.15, -0.1) is 0 Å². The van der Waals surface area contributed by atoms with E-state index in [4.69, 9.17) is 16.3 Å². The first kappa shape index (κ1) is 16.3. The average molecular weight is 330 g/mol. The molecule has 0 aliphatic carbocycles. The molecule has 3 nitrogen and oxygen atoms in total. The Kier molecular flexibility index (Phi) is 4.71. The molecule has 1 aromatic heterocycles. The minimum Gasteiger partial charge on any atom is -0.462 e. The van der Waals surface area contributed by atoms with E-state index in [9.17, 15) is 18.0 Å². The minimum atomic E-state index is -4.51. The van der Waals surface area contributed by atoms with E-state index in [1.54, 1.807) is 6.92 Å². The van der Waals surface area contributed by atoms with Gasteiger partial charge in [-0.2, -0.15) is 13.2 Å². The number of nitrogens with zero attached hydrogens (tertiary/aromatic N) is 1. The van der Waals surface area contributed by atoms with Gasteiger partial charge in [0.05, 0.1) is 23.4 Å². The SMILES string of the molecule is CCOC(=O)c1ccc(-c2ccccc2C(F)(F)F)nc1Cl. The molecule has 2 aromatic rings. The number of carbonyl (C=O) groups excluding carboxylic acids is 1. The number of benzene rings is 1. The Morgan fingerprint density at radius 2 is 1.91 bits per heavy atom. The maximum atomic E-state index is 13.0. The molecule has 0 aliphatic rings. The fourth-order valence-corrected chi connectivity index (χ4v) is 2.13. The highest BCUT2D eigenvalue weighted by molar-refractivity contribution is 6.32. The van der Waals surface area contributed by atoms with Crippen LogP contribution in [0.4, 0.5) is 13.2 Å². The van der Waals surface area contributed by atoms with Gasteiger partial charge in [0, 0.05) is 5.56 Å². The Hall–Kier alpha value is -2.08. The summed E-state index contributed by atoms with van der Waals surface area (Å²) in [6, 6.07) is 7.63. The van der Waals surface area contributed by atoms with E-state index < -0.39 is 17.7 Å². The Balaban J connectivity index is 2.48. The molecule has 0 radical (unpaired) electrons. The molecule has 0 amide bonds. The number of halogens is 4. The van der Waals surface area contributed by atoms with Crippen molar-refractivity contribution in [1.82, 2.24) is 4.98 Å². The van der Waals surface area contributed by atoms with Crippen LogP contribution in [-0.4, -0.2) is 17.6 Å². The summed E-state index contributed by atoms with van der Waals surface area (Å²) in [6.45, 7) is 1.79. The zero-order valence-electron chi connectivity index (χ0n) is 11.4. The molecule has 1 heterocycles. The second-order valence-corrected chi connectivity index (χ2v) is 4.66. The highest BCUT2D eigenvalue weighted by Gasteiger charge is 2.33. The summed E-state index contributed by atoms with van der Waals surface area (Å²) in [5.74, 6) is -0.671. The van der Waals surface area contributed by atoms with Gasteiger partial charge in [-0.3, -0.25) is 0 Å². The number of alkyl halides is 3. The number of rotatable bonds is 3. The summed E-state index contributed by atoms with van der Waals surface area (Å²) in [5, 5.41) is -0.201. The van der Waals surface area contributed by atoms with Crippen molar-refractivity contribution in [2.45, 2.75) is 13.1 Å². The highest BCUT2D eigenvalue weighted by Crippen LogP contribution is 2.36. The van der Waals surface area contributed by atoms with E-state index in [-0.39, 0.29) is 28.6 Å². The Labute approximate surface area is 129 Å². The lowest BCUT2D eigenvalue weighted by Crippen LogP contribution is -2.09. The molecule has 1 aromatic carbocycles. The smallest absolute Gasteiger partial charge is 0.417 e. The topological polar surface area (TPSA) is 39.2 Å². The number of hydrogen-bond donors (Lipinski definition) is 0. The lowest BCUT2D eigenvalue weighted by Gasteiger charge is -2.13. The second kappa shape index (κ2) is 6.36. The Morgan fingerprint density at radius 3 is 2.50 bits per heavy atom.